The predicted molar refractivity (Wildman–Crippen MR) is 98.4 cm³/mol. The third kappa shape index (κ3) is 4.84. The molecule has 0 heterocycles. The lowest BCUT2D eigenvalue weighted by Crippen LogP contribution is -2.25. The maximum Gasteiger partial charge on any atom is 0.184 e. The van der Waals surface area contributed by atoms with Crippen molar-refractivity contribution in [1.29, 1.82) is 0 Å². The van der Waals surface area contributed by atoms with E-state index < -0.39 is 0 Å². The lowest BCUT2D eigenvalue weighted by molar-refractivity contribution is 1.03. The largest absolute Gasteiger partial charge is 0.375 e. The van der Waals surface area contributed by atoms with Crippen LogP contribution in [0.2, 0.25) is 10.0 Å². The van der Waals surface area contributed by atoms with Crippen LogP contribution in [0.5, 0.6) is 0 Å². The van der Waals surface area contributed by atoms with Gasteiger partial charge in [-0.15, -0.1) is 0 Å². The first kappa shape index (κ1) is 16.5. The molecule has 0 spiro atoms. The first-order valence-electron chi connectivity index (χ1n) is 6.38. The average Bonchev–Trinajstić information content (AvgIpc) is 2.51. The van der Waals surface area contributed by atoms with Gasteiger partial charge in [0.05, 0.1) is 15.8 Å². The van der Waals surface area contributed by atoms with Gasteiger partial charge in [-0.05, 0) is 36.0 Å². The second-order valence-electron chi connectivity index (χ2n) is 4.35. The van der Waals surface area contributed by atoms with E-state index in [2.05, 4.69) is 10.5 Å². The molecule has 0 fully saturated rings. The Hall–Kier alpha value is -1.88. The van der Waals surface area contributed by atoms with Gasteiger partial charge in [-0.1, -0.05) is 65.7 Å². The Kier molecular flexibility index (Phi) is 5.95. The summed E-state index contributed by atoms with van der Waals surface area (Å²) < 4.78 is 0. The highest BCUT2D eigenvalue weighted by Gasteiger charge is 2.04. The van der Waals surface area contributed by atoms with Crippen LogP contribution < -0.4 is 11.2 Å². The molecule has 0 aliphatic carbocycles. The molecule has 0 aliphatic heterocycles. The Bertz CT molecular complexity index is 727. The Morgan fingerprint density at radius 3 is 2.45 bits per heavy atom. The van der Waals surface area contributed by atoms with Crippen molar-refractivity contribution in [3.63, 3.8) is 0 Å². The third-order valence-corrected chi connectivity index (χ3v) is 3.57. The Labute approximate surface area is 144 Å². The van der Waals surface area contributed by atoms with E-state index in [0.717, 1.165) is 11.1 Å². The summed E-state index contributed by atoms with van der Waals surface area (Å²) in [5, 5.41) is 5.22. The normalized spacial score (nSPS) is 11.6. The molecule has 0 saturated carbocycles. The molecule has 112 valence electrons. The minimum absolute atomic E-state index is 0.0886. The lowest BCUT2D eigenvalue weighted by atomic mass is 10.1. The first-order chi connectivity index (χ1) is 10.6. The van der Waals surface area contributed by atoms with Crippen LogP contribution in [0.15, 0.2) is 59.7 Å². The van der Waals surface area contributed by atoms with Crippen molar-refractivity contribution in [2.24, 2.45) is 10.8 Å². The van der Waals surface area contributed by atoms with E-state index in [9.17, 15) is 0 Å². The smallest absolute Gasteiger partial charge is 0.184 e. The molecule has 0 atom stereocenters. The number of rotatable bonds is 4. The molecular weight excluding hydrogens is 337 g/mol. The molecule has 3 nitrogen and oxygen atoms in total. The second-order valence-corrected chi connectivity index (χ2v) is 5.60. The zero-order valence-electron chi connectivity index (χ0n) is 11.5. The van der Waals surface area contributed by atoms with Crippen LogP contribution in [-0.4, -0.2) is 10.8 Å². The average molecular weight is 350 g/mol. The van der Waals surface area contributed by atoms with Gasteiger partial charge < -0.3 is 5.73 Å². The maximum absolute atomic E-state index is 6.06. The number of hydrogen-bond donors (Lipinski definition) is 2. The summed E-state index contributed by atoms with van der Waals surface area (Å²) in [5.74, 6) is 0. The molecule has 0 amide bonds. The molecule has 0 aliphatic rings. The number of nitrogens with zero attached hydrogens (tertiary/aromatic N) is 1. The van der Waals surface area contributed by atoms with Gasteiger partial charge >= 0.3 is 0 Å². The molecule has 2 rings (SSSR count). The van der Waals surface area contributed by atoms with E-state index in [0.29, 0.717) is 15.8 Å². The summed E-state index contributed by atoms with van der Waals surface area (Å²) in [5.41, 5.74) is 10.5. The number of thiocarbonyl (C=S) groups is 1. The summed E-state index contributed by atoms with van der Waals surface area (Å²) in [6.07, 6.45) is 3.78. The van der Waals surface area contributed by atoms with E-state index in [-0.39, 0.29) is 5.11 Å². The van der Waals surface area contributed by atoms with Gasteiger partial charge in [-0.3, -0.25) is 5.43 Å². The zero-order chi connectivity index (χ0) is 15.9. The summed E-state index contributed by atoms with van der Waals surface area (Å²) in [6, 6.07) is 15.1. The van der Waals surface area contributed by atoms with Gasteiger partial charge in [-0.25, -0.2) is 0 Å². The monoisotopic (exact) mass is 349 g/mol. The molecule has 22 heavy (non-hydrogen) atoms. The van der Waals surface area contributed by atoms with E-state index in [1.54, 1.807) is 12.1 Å². The standard InChI is InChI=1S/C16H13Cl2N3S/c17-13-8-7-12(10-14(13)18)15(20-21-16(19)22)9-6-11-4-2-1-3-5-11/h1-10H,(H3,19,21,22)/b9-6+,20-15+. The molecule has 3 N–H and O–H groups in total. The Balaban J connectivity index is 2.34. The van der Waals surface area contributed by atoms with Crippen molar-refractivity contribution in [2.45, 2.75) is 0 Å². The number of benzene rings is 2. The van der Waals surface area contributed by atoms with Crippen LogP contribution in [0.3, 0.4) is 0 Å². The van der Waals surface area contributed by atoms with Crippen molar-refractivity contribution in [3.8, 4) is 0 Å². The van der Waals surface area contributed by atoms with Crippen molar-refractivity contribution in [1.82, 2.24) is 5.43 Å². The van der Waals surface area contributed by atoms with Crippen molar-refractivity contribution >= 4 is 52.3 Å². The van der Waals surface area contributed by atoms with Crippen molar-refractivity contribution in [2.75, 3.05) is 0 Å². The van der Waals surface area contributed by atoms with E-state index in [4.69, 9.17) is 41.2 Å². The second kappa shape index (κ2) is 7.94. The van der Waals surface area contributed by atoms with Crippen molar-refractivity contribution < 1.29 is 0 Å². The Morgan fingerprint density at radius 2 is 1.82 bits per heavy atom. The highest BCUT2D eigenvalue weighted by Crippen LogP contribution is 2.23. The molecule has 2 aromatic carbocycles. The van der Waals surface area contributed by atoms with Gasteiger partial charge in [0.25, 0.3) is 0 Å². The van der Waals surface area contributed by atoms with Crippen LogP contribution in [-0.2, 0) is 0 Å². The molecule has 0 aromatic heterocycles. The fourth-order valence-electron chi connectivity index (χ4n) is 1.71. The van der Waals surface area contributed by atoms with Crippen LogP contribution in [0.4, 0.5) is 0 Å². The fourth-order valence-corrected chi connectivity index (χ4v) is 2.05. The predicted octanol–water partition coefficient (Wildman–Crippen LogP) is 4.24. The SMILES string of the molecule is NC(=S)N/N=C(\C=C\c1ccccc1)c1ccc(Cl)c(Cl)c1. The van der Waals surface area contributed by atoms with Crippen LogP contribution in [0.1, 0.15) is 11.1 Å². The topological polar surface area (TPSA) is 50.4 Å². The van der Waals surface area contributed by atoms with Gasteiger partial charge in [0, 0.05) is 5.56 Å². The van der Waals surface area contributed by atoms with E-state index >= 15 is 0 Å². The number of allylic oxidation sites excluding steroid dienone is 1. The summed E-state index contributed by atoms with van der Waals surface area (Å²) in [4.78, 5) is 0. The molecule has 2 aromatic rings. The van der Waals surface area contributed by atoms with Crippen molar-refractivity contribution in [3.05, 3.63) is 75.8 Å². The highest BCUT2D eigenvalue weighted by molar-refractivity contribution is 7.80. The minimum Gasteiger partial charge on any atom is -0.375 e. The number of hydrazone groups is 1. The third-order valence-electron chi connectivity index (χ3n) is 2.74. The summed E-state index contributed by atoms with van der Waals surface area (Å²) >= 11 is 16.8. The number of nitrogens with two attached hydrogens (primary N) is 1. The van der Waals surface area contributed by atoms with E-state index in [1.165, 1.54) is 0 Å². The molecule has 6 heteroatoms. The molecule has 0 bridgehead atoms. The number of halogens is 2. The molecular formula is C16H13Cl2N3S. The minimum atomic E-state index is 0.0886. The molecule has 0 saturated heterocycles. The van der Waals surface area contributed by atoms with Gasteiger partial charge in [0.15, 0.2) is 5.11 Å². The quantitative estimate of drug-likeness (QED) is 0.493. The van der Waals surface area contributed by atoms with Gasteiger partial charge in [0.1, 0.15) is 0 Å². The van der Waals surface area contributed by atoms with Crippen LogP contribution >= 0.6 is 35.4 Å². The molecule has 0 unspecified atom stereocenters. The summed E-state index contributed by atoms with van der Waals surface area (Å²) in [7, 11) is 0. The van der Waals surface area contributed by atoms with Gasteiger partial charge in [-0.2, -0.15) is 5.10 Å². The number of hydrogen-bond acceptors (Lipinski definition) is 2. The fraction of sp³-hybridized carbons (Fsp3) is 0. The zero-order valence-corrected chi connectivity index (χ0v) is 13.8. The van der Waals surface area contributed by atoms with Crippen LogP contribution in [0.25, 0.3) is 6.08 Å². The summed E-state index contributed by atoms with van der Waals surface area (Å²) in [6.45, 7) is 0. The van der Waals surface area contributed by atoms with Gasteiger partial charge in [0.2, 0.25) is 0 Å². The van der Waals surface area contributed by atoms with Crippen LogP contribution in [0, 0.1) is 0 Å². The van der Waals surface area contributed by atoms with E-state index in [1.807, 2.05) is 48.6 Å². The first-order valence-corrected chi connectivity index (χ1v) is 7.54. The molecule has 0 radical (unpaired) electrons. The Morgan fingerprint density at radius 1 is 1.09 bits per heavy atom. The highest BCUT2D eigenvalue weighted by atomic mass is 35.5. The lowest BCUT2D eigenvalue weighted by Gasteiger charge is -2.05. The number of nitrogens with one attached hydrogen (secondary N) is 1. The maximum atomic E-state index is 6.06.